The van der Waals surface area contributed by atoms with Crippen LogP contribution in [0.1, 0.15) is 76.7 Å². The van der Waals surface area contributed by atoms with Gasteiger partial charge in [0, 0.05) is 0 Å². The van der Waals surface area contributed by atoms with Gasteiger partial charge >= 0.3 is 0 Å². The van der Waals surface area contributed by atoms with E-state index >= 15 is 0 Å². The SMILES string of the molecule is CCCCCCCCCCCCc1ccccc1S(=O)(=O)Br. The molecular formula is C18H29BrO2S. The molecule has 0 saturated heterocycles. The molecule has 0 saturated carbocycles. The number of unbranched alkanes of at least 4 members (excludes halogenated alkanes) is 9. The van der Waals surface area contributed by atoms with E-state index in [1.54, 1.807) is 12.1 Å². The van der Waals surface area contributed by atoms with Crippen LogP contribution in [-0.4, -0.2) is 8.42 Å². The summed E-state index contributed by atoms with van der Waals surface area (Å²) in [6, 6.07) is 7.28. The van der Waals surface area contributed by atoms with E-state index in [2.05, 4.69) is 21.7 Å². The van der Waals surface area contributed by atoms with Gasteiger partial charge in [0.1, 0.15) is 0 Å². The molecule has 0 atom stereocenters. The van der Waals surface area contributed by atoms with Crippen LogP contribution in [-0.2, 0) is 14.7 Å². The third-order valence-corrected chi connectivity index (χ3v) is 6.00. The van der Waals surface area contributed by atoms with Crippen molar-refractivity contribution in [1.82, 2.24) is 0 Å². The van der Waals surface area contributed by atoms with Crippen molar-refractivity contribution in [3.8, 4) is 0 Å². The van der Waals surface area contributed by atoms with Gasteiger partial charge in [-0.05, 0) is 24.5 Å². The van der Waals surface area contributed by atoms with E-state index < -0.39 is 8.27 Å². The van der Waals surface area contributed by atoms with Gasteiger partial charge in [-0.1, -0.05) is 82.9 Å². The van der Waals surface area contributed by atoms with Crippen molar-refractivity contribution in [2.75, 3.05) is 0 Å². The molecule has 0 radical (unpaired) electrons. The smallest absolute Gasteiger partial charge is 0.212 e. The summed E-state index contributed by atoms with van der Waals surface area (Å²) in [6.07, 6.45) is 13.8. The molecule has 0 amide bonds. The van der Waals surface area contributed by atoms with E-state index in [1.807, 2.05) is 12.1 Å². The normalized spacial score (nSPS) is 11.7. The van der Waals surface area contributed by atoms with Crippen LogP contribution >= 0.6 is 14.8 Å². The molecule has 1 rings (SSSR count). The Labute approximate surface area is 143 Å². The van der Waals surface area contributed by atoms with E-state index in [1.165, 1.54) is 57.8 Å². The molecule has 0 heterocycles. The zero-order valence-corrected chi connectivity index (χ0v) is 16.1. The first-order valence-corrected chi connectivity index (χ1v) is 11.9. The third kappa shape index (κ3) is 8.33. The monoisotopic (exact) mass is 388 g/mol. The third-order valence-electron chi connectivity index (χ3n) is 4.03. The molecule has 0 spiro atoms. The first kappa shape index (κ1) is 19.7. The molecule has 0 unspecified atom stereocenters. The zero-order chi connectivity index (χ0) is 16.3. The molecule has 0 aliphatic rings. The Morgan fingerprint density at radius 1 is 0.818 bits per heavy atom. The fourth-order valence-electron chi connectivity index (χ4n) is 2.75. The maximum absolute atomic E-state index is 11.7. The second-order valence-electron chi connectivity index (χ2n) is 5.98. The van der Waals surface area contributed by atoms with Crippen LogP contribution in [0.4, 0.5) is 0 Å². The Balaban J connectivity index is 2.16. The summed E-state index contributed by atoms with van der Waals surface area (Å²) in [6.45, 7) is 2.25. The second-order valence-corrected chi connectivity index (χ2v) is 9.85. The fraction of sp³-hybridized carbons (Fsp3) is 0.667. The van der Waals surface area contributed by atoms with E-state index in [0.29, 0.717) is 4.90 Å². The van der Waals surface area contributed by atoms with Crippen molar-refractivity contribution in [1.29, 1.82) is 0 Å². The first-order chi connectivity index (χ1) is 10.6. The van der Waals surface area contributed by atoms with E-state index in [9.17, 15) is 8.42 Å². The van der Waals surface area contributed by atoms with Gasteiger partial charge in [-0.15, -0.1) is 0 Å². The van der Waals surface area contributed by atoms with Crippen molar-refractivity contribution < 1.29 is 8.42 Å². The van der Waals surface area contributed by atoms with Gasteiger partial charge < -0.3 is 0 Å². The molecule has 0 N–H and O–H groups in total. The molecule has 0 aliphatic heterocycles. The number of hydrogen-bond donors (Lipinski definition) is 0. The van der Waals surface area contributed by atoms with Crippen LogP contribution in [0.3, 0.4) is 0 Å². The summed E-state index contributed by atoms with van der Waals surface area (Å²) in [4.78, 5) is 0.422. The molecule has 2 nitrogen and oxygen atoms in total. The van der Waals surface area contributed by atoms with Crippen LogP contribution in [0.5, 0.6) is 0 Å². The first-order valence-electron chi connectivity index (χ1n) is 8.58. The summed E-state index contributed by atoms with van der Waals surface area (Å²) < 4.78 is 23.3. The van der Waals surface area contributed by atoms with E-state index in [4.69, 9.17) is 0 Å². The van der Waals surface area contributed by atoms with Gasteiger partial charge in [0.15, 0.2) is 0 Å². The lowest BCUT2D eigenvalue weighted by Crippen LogP contribution is -1.97. The second kappa shape index (κ2) is 11.2. The Kier molecular flexibility index (Phi) is 10.1. The van der Waals surface area contributed by atoms with E-state index in [0.717, 1.165) is 18.4 Å². The van der Waals surface area contributed by atoms with E-state index in [-0.39, 0.29) is 0 Å². The van der Waals surface area contributed by atoms with Gasteiger partial charge in [-0.25, -0.2) is 8.42 Å². The maximum Gasteiger partial charge on any atom is 0.237 e. The van der Waals surface area contributed by atoms with Gasteiger partial charge in [-0.3, -0.25) is 0 Å². The fourth-order valence-corrected chi connectivity index (χ4v) is 4.42. The predicted octanol–water partition coefficient (Wildman–Crippen LogP) is 6.23. The average molecular weight is 389 g/mol. The average Bonchev–Trinajstić information content (AvgIpc) is 2.48. The Hall–Kier alpha value is -0.350. The summed E-state index contributed by atoms with van der Waals surface area (Å²) in [5.74, 6) is 0. The van der Waals surface area contributed by atoms with Gasteiger partial charge in [0.2, 0.25) is 8.27 Å². The number of halogens is 1. The zero-order valence-electron chi connectivity index (χ0n) is 13.7. The quantitative estimate of drug-likeness (QED) is 0.313. The summed E-state index contributed by atoms with van der Waals surface area (Å²) in [5.41, 5.74) is 0.930. The summed E-state index contributed by atoms with van der Waals surface area (Å²) >= 11 is 2.78. The van der Waals surface area contributed by atoms with Gasteiger partial charge in [0.05, 0.1) is 19.7 Å². The summed E-state index contributed by atoms with van der Waals surface area (Å²) in [7, 11) is -3.28. The molecule has 0 fully saturated rings. The number of hydrogen-bond acceptors (Lipinski definition) is 2. The van der Waals surface area contributed by atoms with Gasteiger partial charge in [0.25, 0.3) is 0 Å². The highest BCUT2D eigenvalue weighted by molar-refractivity contribution is 9.47. The largest absolute Gasteiger partial charge is 0.237 e. The molecule has 22 heavy (non-hydrogen) atoms. The minimum absolute atomic E-state index is 0.422. The molecule has 1 aromatic rings. The highest BCUT2D eigenvalue weighted by Gasteiger charge is 2.13. The van der Waals surface area contributed by atoms with Crippen molar-refractivity contribution in [3.63, 3.8) is 0 Å². The minimum Gasteiger partial charge on any atom is -0.212 e. The lowest BCUT2D eigenvalue weighted by Gasteiger charge is -2.07. The van der Waals surface area contributed by atoms with Crippen molar-refractivity contribution in [2.24, 2.45) is 0 Å². The number of rotatable bonds is 12. The van der Waals surface area contributed by atoms with Crippen LogP contribution in [0.2, 0.25) is 0 Å². The predicted molar refractivity (Wildman–Crippen MR) is 98.1 cm³/mol. The standard InChI is InChI=1S/C18H29BrO2S/c1-2-3-4-5-6-7-8-9-10-11-14-17-15-12-13-16-18(17)22(19,20)21/h12-13,15-16H,2-11,14H2,1H3. The molecule has 0 aliphatic carbocycles. The topological polar surface area (TPSA) is 34.1 Å². The van der Waals surface area contributed by atoms with Crippen molar-refractivity contribution in [3.05, 3.63) is 29.8 Å². The molecule has 1 aromatic carbocycles. The number of benzene rings is 1. The Morgan fingerprint density at radius 2 is 1.32 bits per heavy atom. The molecular weight excluding hydrogens is 360 g/mol. The molecule has 0 aromatic heterocycles. The Morgan fingerprint density at radius 3 is 1.86 bits per heavy atom. The van der Waals surface area contributed by atoms with Crippen molar-refractivity contribution >= 4 is 23.1 Å². The molecule has 0 bridgehead atoms. The maximum atomic E-state index is 11.7. The van der Waals surface area contributed by atoms with Crippen LogP contribution in [0.15, 0.2) is 29.2 Å². The van der Waals surface area contributed by atoms with Crippen LogP contribution in [0.25, 0.3) is 0 Å². The van der Waals surface area contributed by atoms with Crippen LogP contribution < -0.4 is 0 Å². The minimum atomic E-state index is -3.28. The van der Waals surface area contributed by atoms with Crippen LogP contribution in [0, 0.1) is 0 Å². The Bertz CT molecular complexity index is 512. The highest BCUT2D eigenvalue weighted by Crippen LogP contribution is 2.23. The molecule has 4 heteroatoms. The van der Waals surface area contributed by atoms with Gasteiger partial charge in [-0.2, -0.15) is 0 Å². The lowest BCUT2D eigenvalue weighted by atomic mass is 10.0. The lowest BCUT2D eigenvalue weighted by molar-refractivity contribution is 0.555. The summed E-state index contributed by atoms with van der Waals surface area (Å²) in [5, 5.41) is 0. The van der Waals surface area contributed by atoms with Crippen molar-refractivity contribution in [2.45, 2.75) is 82.4 Å². The molecule has 126 valence electrons. The highest BCUT2D eigenvalue weighted by atomic mass is 79.9. The number of aryl methyl sites for hydroxylation is 1.